The maximum Gasteiger partial charge on any atom is 0.308 e. The molecule has 132 valence electrons. The van der Waals surface area contributed by atoms with E-state index < -0.39 is 0 Å². The summed E-state index contributed by atoms with van der Waals surface area (Å²) in [6.45, 7) is 3.70. The molecule has 1 aliphatic carbocycles. The van der Waals surface area contributed by atoms with Crippen LogP contribution in [-0.4, -0.2) is 35.1 Å². The molecule has 6 nitrogen and oxygen atoms in total. The highest BCUT2D eigenvalue weighted by Crippen LogP contribution is 2.30. The number of hydrogen-bond donors (Lipinski definition) is 1. The Morgan fingerprint density at radius 2 is 1.96 bits per heavy atom. The van der Waals surface area contributed by atoms with Gasteiger partial charge in [-0.1, -0.05) is 0 Å². The summed E-state index contributed by atoms with van der Waals surface area (Å²) in [4.78, 5) is 28.6. The first-order valence-electron chi connectivity index (χ1n) is 8.97. The van der Waals surface area contributed by atoms with Gasteiger partial charge in [0.1, 0.15) is 5.82 Å². The average molecular weight is 333 g/mol. The molecule has 1 N–H and O–H groups in total. The van der Waals surface area contributed by atoms with Crippen LogP contribution < -0.4 is 5.32 Å². The molecule has 1 aliphatic heterocycles. The van der Waals surface area contributed by atoms with E-state index in [2.05, 4.69) is 21.1 Å². The fourth-order valence-corrected chi connectivity index (χ4v) is 4.03. The second-order valence-electron chi connectivity index (χ2n) is 7.09. The molecule has 0 saturated heterocycles. The Morgan fingerprint density at radius 1 is 1.25 bits per heavy atom. The van der Waals surface area contributed by atoms with Crippen LogP contribution >= 0.6 is 0 Å². The Hall–Kier alpha value is -1.85. The number of ether oxygens (including phenoxy) is 1. The molecule has 0 unspecified atom stereocenters. The van der Waals surface area contributed by atoms with Gasteiger partial charge in [-0.15, -0.1) is 0 Å². The second-order valence-corrected chi connectivity index (χ2v) is 7.09. The number of aryl methyl sites for hydroxylation is 2. The van der Waals surface area contributed by atoms with Gasteiger partial charge >= 0.3 is 5.97 Å². The van der Waals surface area contributed by atoms with Crippen molar-refractivity contribution < 1.29 is 14.3 Å². The van der Waals surface area contributed by atoms with Gasteiger partial charge in [0.15, 0.2) is 0 Å². The van der Waals surface area contributed by atoms with Gasteiger partial charge in [0.2, 0.25) is 5.91 Å². The summed E-state index contributed by atoms with van der Waals surface area (Å²) >= 11 is 0. The SMILES string of the molecule is COC(=O)C1CCC(C(=O)NC[C@H]2CCCn3cc(C)nc32)CC1. The predicted molar refractivity (Wildman–Crippen MR) is 89.4 cm³/mol. The number of fused-ring (bicyclic) bond motifs is 1. The fraction of sp³-hybridized carbons (Fsp3) is 0.722. The zero-order valence-electron chi connectivity index (χ0n) is 14.6. The van der Waals surface area contributed by atoms with Crippen LogP contribution in [0.3, 0.4) is 0 Å². The van der Waals surface area contributed by atoms with Crippen molar-refractivity contribution in [3.8, 4) is 0 Å². The molecular weight excluding hydrogens is 306 g/mol. The maximum atomic E-state index is 12.4. The maximum absolute atomic E-state index is 12.4. The molecule has 2 heterocycles. The third-order valence-electron chi connectivity index (χ3n) is 5.40. The largest absolute Gasteiger partial charge is 0.469 e. The number of esters is 1. The highest BCUT2D eigenvalue weighted by Gasteiger charge is 2.31. The zero-order valence-corrected chi connectivity index (χ0v) is 14.6. The first-order chi connectivity index (χ1) is 11.6. The minimum absolute atomic E-state index is 0.0241. The number of aromatic nitrogens is 2. The van der Waals surface area contributed by atoms with Gasteiger partial charge in [0.05, 0.1) is 18.7 Å². The van der Waals surface area contributed by atoms with E-state index >= 15 is 0 Å². The lowest BCUT2D eigenvalue weighted by Gasteiger charge is -2.28. The molecule has 6 heteroatoms. The van der Waals surface area contributed by atoms with E-state index in [1.165, 1.54) is 7.11 Å². The number of methoxy groups -OCH3 is 1. The standard InChI is InChI=1S/C18H27N3O3/c1-12-11-21-9-3-4-15(16(21)20-12)10-19-17(22)13-5-7-14(8-6-13)18(23)24-2/h11,13-15H,3-10H2,1-2H3,(H,19,22)/t13?,14?,15-/m1/s1. The fourth-order valence-electron chi connectivity index (χ4n) is 4.03. The summed E-state index contributed by atoms with van der Waals surface area (Å²) in [6.07, 6.45) is 7.33. The third-order valence-corrected chi connectivity index (χ3v) is 5.40. The van der Waals surface area contributed by atoms with E-state index in [4.69, 9.17) is 4.74 Å². The van der Waals surface area contributed by atoms with Gasteiger partial charge in [0, 0.05) is 31.1 Å². The summed E-state index contributed by atoms with van der Waals surface area (Å²) in [6, 6.07) is 0. The number of amides is 1. The van der Waals surface area contributed by atoms with Crippen LogP contribution in [-0.2, 0) is 20.9 Å². The summed E-state index contributed by atoms with van der Waals surface area (Å²) in [5, 5.41) is 3.12. The van der Waals surface area contributed by atoms with Crippen molar-refractivity contribution in [2.75, 3.05) is 13.7 Å². The van der Waals surface area contributed by atoms with Crippen molar-refractivity contribution >= 4 is 11.9 Å². The van der Waals surface area contributed by atoms with Crippen LogP contribution in [0.1, 0.15) is 56.0 Å². The van der Waals surface area contributed by atoms with Crippen molar-refractivity contribution in [2.24, 2.45) is 11.8 Å². The van der Waals surface area contributed by atoms with Crippen LogP contribution in [0, 0.1) is 18.8 Å². The molecule has 3 rings (SSSR count). The van der Waals surface area contributed by atoms with E-state index in [0.29, 0.717) is 12.5 Å². The Bertz CT molecular complexity index is 603. The van der Waals surface area contributed by atoms with E-state index in [-0.39, 0.29) is 23.7 Å². The molecule has 1 saturated carbocycles. The van der Waals surface area contributed by atoms with Crippen LogP contribution in [0.2, 0.25) is 0 Å². The van der Waals surface area contributed by atoms with Crippen molar-refractivity contribution in [3.05, 3.63) is 17.7 Å². The van der Waals surface area contributed by atoms with Crippen LogP contribution in [0.15, 0.2) is 6.20 Å². The summed E-state index contributed by atoms with van der Waals surface area (Å²) in [7, 11) is 1.43. The van der Waals surface area contributed by atoms with Gasteiger partial charge in [-0.25, -0.2) is 4.98 Å². The highest BCUT2D eigenvalue weighted by atomic mass is 16.5. The molecule has 0 radical (unpaired) electrons. The van der Waals surface area contributed by atoms with Crippen molar-refractivity contribution in [3.63, 3.8) is 0 Å². The minimum atomic E-state index is -0.140. The number of hydrogen-bond acceptors (Lipinski definition) is 4. The topological polar surface area (TPSA) is 73.2 Å². The molecule has 1 atom stereocenters. The van der Waals surface area contributed by atoms with E-state index in [1.807, 2.05) is 6.92 Å². The molecule has 24 heavy (non-hydrogen) atoms. The lowest BCUT2D eigenvalue weighted by Crippen LogP contribution is -2.37. The molecule has 0 bridgehead atoms. The number of carbonyl (C=O) groups is 2. The quantitative estimate of drug-likeness (QED) is 0.857. The molecule has 0 aromatic carbocycles. The molecule has 1 aromatic rings. The van der Waals surface area contributed by atoms with Gasteiger partial charge in [-0.3, -0.25) is 9.59 Å². The summed E-state index contributed by atoms with van der Waals surface area (Å²) < 4.78 is 7.02. The number of rotatable bonds is 4. The monoisotopic (exact) mass is 333 g/mol. The van der Waals surface area contributed by atoms with Gasteiger partial charge in [-0.05, 0) is 45.4 Å². The Kier molecular flexibility index (Phi) is 5.21. The van der Waals surface area contributed by atoms with E-state index in [9.17, 15) is 9.59 Å². The highest BCUT2D eigenvalue weighted by molar-refractivity contribution is 5.79. The summed E-state index contributed by atoms with van der Waals surface area (Å²) in [5.41, 5.74) is 1.05. The third kappa shape index (κ3) is 3.62. The molecule has 1 aromatic heterocycles. The second kappa shape index (κ2) is 7.36. The number of carbonyl (C=O) groups excluding carboxylic acids is 2. The van der Waals surface area contributed by atoms with Crippen LogP contribution in [0.5, 0.6) is 0 Å². The molecule has 0 spiro atoms. The van der Waals surface area contributed by atoms with Gasteiger partial charge < -0.3 is 14.6 Å². The smallest absolute Gasteiger partial charge is 0.308 e. The first-order valence-corrected chi connectivity index (χ1v) is 8.97. The Labute approximate surface area is 143 Å². The lowest BCUT2D eigenvalue weighted by molar-refractivity contribution is -0.147. The zero-order chi connectivity index (χ0) is 17.1. The normalized spacial score (nSPS) is 26.5. The van der Waals surface area contributed by atoms with Crippen molar-refractivity contribution in [2.45, 2.75) is 57.9 Å². The Morgan fingerprint density at radius 3 is 2.67 bits per heavy atom. The molecular formula is C18H27N3O3. The van der Waals surface area contributed by atoms with Crippen LogP contribution in [0.4, 0.5) is 0 Å². The number of imidazole rings is 1. The number of nitrogens with zero attached hydrogens (tertiary/aromatic N) is 2. The van der Waals surface area contributed by atoms with Crippen molar-refractivity contribution in [1.29, 1.82) is 0 Å². The van der Waals surface area contributed by atoms with Crippen LogP contribution in [0.25, 0.3) is 0 Å². The lowest BCUT2D eigenvalue weighted by atomic mass is 9.81. The van der Waals surface area contributed by atoms with Gasteiger partial charge in [-0.2, -0.15) is 0 Å². The molecule has 1 amide bonds. The number of nitrogens with one attached hydrogen (secondary N) is 1. The van der Waals surface area contributed by atoms with Crippen molar-refractivity contribution in [1.82, 2.24) is 14.9 Å². The summed E-state index contributed by atoms with van der Waals surface area (Å²) in [5.74, 6) is 1.39. The van der Waals surface area contributed by atoms with E-state index in [0.717, 1.165) is 56.6 Å². The van der Waals surface area contributed by atoms with E-state index in [1.54, 1.807) is 0 Å². The average Bonchev–Trinajstić information content (AvgIpc) is 2.99. The molecule has 2 aliphatic rings. The minimum Gasteiger partial charge on any atom is -0.469 e. The van der Waals surface area contributed by atoms with Gasteiger partial charge in [0.25, 0.3) is 0 Å². The predicted octanol–water partition coefficient (Wildman–Crippen LogP) is 2.16. The molecule has 1 fully saturated rings. The Balaban J connectivity index is 1.49. The first kappa shape index (κ1) is 17.0.